The van der Waals surface area contributed by atoms with Crippen LogP contribution in [0.1, 0.15) is 19.3 Å². The molecule has 1 aliphatic rings. The summed E-state index contributed by atoms with van der Waals surface area (Å²) in [6, 6.07) is 0. The van der Waals surface area contributed by atoms with Crippen LogP contribution in [0.25, 0.3) is 0 Å². The largest absolute Gasteiger partial charge is 0.396 e. The van der Waals surface area contributed by atoms with Crippen molar-refractivity contribution in [1.82, 2.24) is 0 Å². The van der Waals surface area contributed by atoms with Gasteiger partial charge in [0.05, 0.1) is 5.75 Å². The lowest BCUT2D eigenvalue weighted by Gasteiger charge is -2.08. The van der Waals surface area contributed by atoms with Crippen LogP contribution in [0.2, 0.25) is 0 Å². The lowest BCUT2D eigenvalue weighted by atomic mass is 10.1. The molecule has 1 saturated carbocycles. The molecule has 11 heavy (non-hydrogen) atoms. The number of sulfone groups is 1. The molecule has 1 fully saturated rings. The minimum atomic E-state index is -2.84. The van der Waals surface area contributed by atoms with E-state index in [1.54, 1.807) is 0 Å². The summed E-state index contributed by atoms with van der Waals surface area (Å²) in [7, 11) is -2.84. The van der Waals surface area contributed by atoms with Crippen molar-refractivity contribution in [2.24, 2.45) is 5.41 Å². The fraction of sp³-hybridized carbons (Fsp3) is 1.00. The third kappa shape index (κ3) is 2.79. The maximum Gasteiger partial charge on any atom is 0.147 e. The Balaban J connectivity index is 2.33. The van der Waals surface area contributed by atoms with Crippen LogP contribution in [0.5, 0.6) is 0 Å². The van der Waals surface area contributed by atoms with Gasteiger partial charge >= 0.3 is 0 Å². The van der Waals surface area contributed by atoms with Crippen molar-refractivity contribution in [3.63, 3.8) is 0 Å². The van der Waals surface area contributed by atoms with Crippen molar-refractivity contribution in [2.45, 2.75) is 19.3 Å². The maximum atomic E-state index is 10.7. The Morgan fingerprint density at radius 2 is 2.00 bits per heavy atom. The van der Waals surface area contributed by atoms with Gasteiger partial charge in [-0.2, -0.15) is 0 Å². The normalized spacial score (nSPS) is 21.6. The maximum absolute atomic E-state index is 10.7. The predicted molar refractivity (Wildman–Crippen MR) is 43.1 cm³/mol. The van der Waals surface area contributed by atoms with Crippen molar-refractivity contribution in [3.05, 3.63) is 0 Å². The van der Waals surface area contributed by atoms with Gasteiger partial charge in [-0.05, 0) is 24.7 Å². The van der Waals surface area contributed by atoms with Crippen LogP contribution in [0, 0.1) is 5.41 Å². The van der Waals surface area contributed by atoms with Crippen molar-refractivity contribution >= 4 is 9.84 Å². The Kier molecular flexibility index (Phi) is 2.25. The first-order valence-electron chi connectivity index (χ1n) is 3.76. The number of hydrogen-bond donors (Lipinski definition) is 1. The molecule has 0 heterocycles. The van der Waals surface area contributed by atoms with Crippen molar-refractivity contribution in [3.8, 4) is 0 Å². The van der Waals surface area contributed by atoms with Crippen LogP contribution < -0.4 is 0 Å². The highest BCUT2D eigenvalue weighted by Crippen LogP contribution is 2.48. The fourth-order valence-electron chi connectivity index (χ4n) is 1.07. The SMILES string of the molecule is CS(=O)(=O)CCC1(CO)CC1. The van der Waals surface area contributed by atoms with Gasteiger partial charge in [-0.15, -0.1) is 0 Å². The van der Waals surface area contributed by atoms with E-state index in [9.17, 15) is 8.42 Å². The first-order chi connectivity index (χ1) is 4.97. The summed E-state index contributed by atoms with van der Waals surface area (Å²) in [5.41, 5.74) is -0.0247. The van der Waals surface area contributed by atoms with Gasteiger partial charge in [-0.25, -0.2) is 8.42 Å². The zero-order valence-corrected chi connectivity index (χ0v) is 7.52. The third-order valence-corrected chi connectivity index (χ3v) is 3.24. The molecule has 0 aromatic heterocycles. The third-order valence-electron chi connectivity index (χ3n) is 2.30. The molecule has 0 bridgehead atoms. The summed E-state index contributed by atoms with van der Waals surface area (Å²) in [6.45, 7) is 0.141. The fourth-order valence-corrected chi connectivity index (χ4v) is 1.87. The van der Waals surface area contributed by atoms with Gasteiger partial charge in [-0.1, -0.05) is 0 Å². The Labute approximate surface area is 67.3 Å². The van der Waals surface area contributed by atoms with E-state index in [0.717, 1.165) is 12.8 Å². The second-order valence-electron chi connectivity index (χ2n) is 3.54. The Morgan fingerprint density at radius 3 is 2.27 bits per heavy atom. The average Bonchev–Trinajstić information content (AvgIpc) is 2.63. The average molecular weight is 178 g/mol. The Bertz CT molecular complexity index is 226. The van der Waals surface area contributed by atoms with Gasteiger partial charge in [0.15, 0.2) is 0 Å². The summed E-state index contributed by atoms with van der Waals surface area (Å²) in [5, 5.41) is 8.86. The second-order valence-corrected chi connectivity index (χ2v) is 5.80. The van der Waals surface area contributed by atoms with Crippen molar-refractivity contribution < 1.29 is 13.5 Å². The highest BCUT2D eigenvalue weighted by Gasteiger charge is 2.41. The summed E-state index contributed by atoms with van der Waals surface area (Å²) < 4.78 is 21.5. The standard InChI is InChI=1S/C7H14O3S/c1-11(9,10)5-4-7(6-8)2-3-7/h8H,2-6H2,1H3. The van der Waals surface area contributed by atoms with Gasteiger partial charge < -0.3 is 5.11 Å². The molecule has 1 N–H and O–H groups in total. The molecule has 0 aromatic carbocycles. The van der Waals surface area contributed by atoms with Crippen LogP contribution in [0.4, 0.5) is 0 Å². The monoisotopic (exact) mass is 178 g/mol. The molecule has 0 radical (unpaired) electrons. The molecule has 1 rings (SSSR count). The van der Waals surface area contributed by atoms with Crippen LogP contribution >= 0.6 is 0 Å². The van der Waals surface area contributed by atoms with E-state index in [1.165, 1.54) is 6.26 Å². The molecule has 0 spiro atoms. The van der Waals surface area contributed by atoms with Gasteiger partial charge in [0.1, 0.15) is 9.84 Å². The van der Waals surface area contributed by atoms with E-state index in [4.69, 9.17) is 5.11 Å². The van der Waals surface area contributed by atoms with Crippen LogP contribution in [0.3, 0.4) is 0 Å². The zero-order valence-electron chi connectivity index (χ0n) is 6.71. The van der Waals surface area contributed by atoms with Crippen molar-refractivity contribution in [2.75, 3.05) is 18.6 Å². The molecule has 0 atom stereocenters. The minimum Gasteiger partial charge on any atom is -0.396 e. The van der Waals surface area contributed by atoms with Gasteiger partial charge in [0.25, 0.3) is 0 Å². The molecule has 0 unspecified atom stereocenters. The van der Waals surface area contributed by atoms with Gasteiger partial charge in [-0.3, -0.25) is 0 Å². The highest BCUT2D eigenvalue weighted by atomic mass is 32.2. The van der Waals surface area contributed by atoms with Crippen LogP contribution in [0.15, 0.2) is 0 Å². The summed E-state index contributed by atoms with van der Waals surface area (Å²) in [4.78, 5) is 0. The molecule has 0 saturated heterocycles. The van der Waals surface area contributed by atoms with E-state index in [0.29, 0.717) is 6.42 Å². The lowest BCUT2D eigenvalue weighted by molar-refractivity contribution is 0.208. The molecule has 0 amide bonds. The predicted octanol–water partition coefficient (Wildman–Crippen LogP) is 0.194. The van der Waals surface area contributed by atoms with E-state index < -0.39 is 9.84 Å². The molecule has 0 aromatic rings. The van der Waals surface area contributed by atoms with Crippen molar-refractivity contribution in [1.29, 1.82) is 0 Å². The first kappa shape index (κ1) is 9.00. The molecular weight excluding hydrogens is 164 g/mol. The van der Waals surface area contributed by atoms with Gasteiger partial charge in [0.2, 0.25) is 0 Å². The summed E-state index contributed by atoms with van der Waals surface area (Å²) >= 11 is 0. The summed E-state index contributed by atoms with van der Waals surface area (Å²) in [5.74, 6) is 0.216. The van der Waals surface area contributed by atoms with E-state index in [2.05, 4.69) is 0 Å². The number of hydrogen-bond acceptors (Lipinski definition) is 3. The number of aliphatic hydroxyl groups excluding tert-OH is 1. The second kappa shape index (κ2) is 2.75. The Hall–Kier alpha value is -0.0900. The number of rotatable bonds is 4. The summed E-state index contributed by atoms with van der Waals surface area (Å²) in [6.07, 6.45) is 3.83. The van der Waals surface area contributed by atoms with Crippen LogP contribution in [-0.4, -0.2) is 32.1 Å². The van der Waals surface area contributed by atoms with E-state index in [1.807, 2.05) is 0 Å². The molecule has 0 aliphatic heterocycles. The lowest BCUT2D eigenvalue weighted by Crippen LogP contribution is -2.13. The molecule has 4 heteroatoms. The molecule has 3 nitrogen and oxygen atoms in total. The highest BCUT2D eigenvalue weighted by molar-refractivity contribution is 7.90. The molecule has 1 aliphatic carbocycles. The first-order valence-corrected chi connectivity index (χ1v) is 5.82. The quantitative estimate of drug-likeness (QED) is 0.668. The topological polar surface area (TPSA) is 54.4 Å². The zero-order chi connectivity index (χ0) is 8.54. The minimum absolute atomic E-state index is 0.0247. The van der Waals surface area contributed by atoms with E-state index >= 15 is 0 Å². The van der Waals surface area contributed by atoms with E-state index in [-0.39, 0.29) is 17.8 Å². The van der Waals surface area contributed by atoms with Gasteiger partial charge in [0, 0.05) is 12.9 Å². The Morgan fingerprint density at radius 1 is 1.45 bits per heavy atom. The molecule has 66 valence electrons. The smallest absolute Gasteiger partial charge is 0.147 e. The van der Waals surface area contributed by atoms with Crippen LogP contribution in [-0.2, 0) is 9.84 Å². The number of aliphatic hydroxyl groups is 1. The molecular formula is C7H14O3S.